The number of nitrogens with zero attached hydrogens (tertiary/aromatic N) is 1. The van der Waals surface area contributed by atoms with Crippen LogP contribution < -0.4 is 9.47 Å². The highest BCUT2D eigenvalue weighted by Crippen LogP contribution is 2.22. The molecule has 0 saturated carbocycles. The molecule has 6 nitrogen and oxygen atoms in total. The first kappa shape index (κ1) is 17.5. The lowest BCUT2D eigenvalue weighted by molar-refractivity contribution is -0.384. The van der Waals surface area contributed by atoms with Crippen LogP contribution in [0.25, 0.3) is 0 Å². The molecule has 0 bridgehead atoms. The van der Waals surface area contributed by atoms with Gasteiger partial charge in [-0.3, -0.25) is 10.1 Å². The average Bonchev–Trinajstić information content (AvgIpc) is 2.60. The standard InChI is InChI=1S/C18H19NO5/c1-3-13(2)14-4-8-17(9-5-14)24-18(20)12-23-16-10-6-15(7-11-16)19(21)22/h4-11,13H,3,12H2,1-2H3. The predicted molar refractivity (Wildman–Crippen MR) is 89.4 cm³/mol. The Labute approximate surface area is 140 Å². The van der Waals surface area contributed by atoms with Crippen LogP contribution in [0.1, 0.15) is 31.7 Å². The van der Waals surface area contributed by atoms with Crippen LogP contribution in [-0.4, -0.2) is 17.5 Å². The number of hydrogen-bond donors (Lipinski definition) is 0. The first-order valence-electron chi connectivity index (χ1n) is 7.67. The molecule has 0 heterocycles. The van der Waals surface area contributed by atoms with E-state index in [1.807, 2.05) is 12.1 Å². The van der Waals surface area contributed by atoms with Crippen LogP contribution in [0.4, 0.5) is 5.69 Å². The van der Waals surface area contributed by atoms with E-state index in [0.717, 1.165) is 6.42 Å². The van der Waals surface area contributed by atoms with E-state index in [2.05, 4.69) is 13.8 Å². The predicted octanol–water partition coefficient (Wildman–Crippen LogP) is 4.09. The molecular weight excluding hydrogens is 310 g/mol. The SMILES string of the molecule is CCC(C)c1ccc(OC(=O)COc2ccc([N+](=O)[O-])cc2)cc1. The van der Waals surface area contributed by atoms with Crippen molar-refractivity contribution in [2.45, 2.75) is 26.2 Å². The summed E-state index contributed by atoms with van der Waals surface area (Å²) in [6.07, 6.45) is 1.04. The molecule has 0 aliphatic carbocycles. The Hall–Kier alpha value is -2.89. The lowest BCUT2D eigenvalue weighted by atomic mass is 9.99. The van der Waals surface area contributed by atoms with Gasteiger partial charge in [0.2, 0.25) is 0 Å². The lowest BCUT2D eigenvalue weighted by Gasteiger charge is -2.10. The number of benzene rings is 2. The van der Waals surface area contributed by atoms with Crippen molar-refractivity contribution in [2.75, 3.05) is 6.61 Å². The van der Waals surface area contributed by atoms with Gasteiger partial charge in [-0.1, -0.05) is 26.0 Å². The minimum Gasteiger partial charge on any atom is -0.482 e. The van der Waals surface area contributed by atoms with E-state index >= 15 is 0 Å². The molecule has 6 heteroatoms. The Morgan fingerprint density at radius 2 is 1.67 bits per heavy atom. The molecule has 1 unspecified atom stereocenters. The summed E-state index contributed by atoms with van der Waals surface area (Å²) in [5, 5.41) is 10.6. The molecule has 0 fully saturated rings. The first-order valence-corrected chi connectivity index (χ1v) is 7.67. The van der Waals surface area contributed by atoms with Crippen LogP contribution in [0.5, 0.6) is 11.5 Å². The van der Waals surface area contributed by atoms with E-state index in [4.69, 9.17) is 9.47 Å². The fourth-order valence-corrected chi connectivity index (χ4v) is 2.07. The summed E-state index contributed by atoms with van der Waals surface area (Å²) in [7, 11) is 0. The number of nitro groups is 1. The molecule has 0 N–H and O–H groups in total. The maximum absolute atomic E-state index is 11.8. The van der Waals surface area contributed by atoms with Gasteiger partial charge in [0.15, 0.2) is 6.61 Å². The summed E-state index contributed by atoms with van der Waals surface area (Å²) in [5.74, 6) is 0.744. The minimum atomic E-state index is -0.537. The number of rotatable bonds is 7. The summed E-state index contributed by atoms with van der Waals surface area (Å²) in [6, 6.07) is 12.9. The number of ether oxygens (including phenoxy) is 2. The van der Waals surface area contributed by atoms with Gasteiger partial charge in [-0.25, -0.2) is 4.79 Å². The maximum atomic E-state index is 11.8. The third-order valence-corrected chi connectivity index (χ3v) is 3.70. The molecule has 0 aliphatic rings. The second-order valence-corrected chi connectivity index (χ2v) is 5.39. The Kier molecular flexibility index (Phi) is 5.89. The van der Waals surface area contributed by atoms with E-state index in [1.165, 1.54) is 29.8 Å². The van der Waals surface area contributed by atoms with Gasteiger partial charge in [-0.05, 0) is 42.2 Å². The van der Waals surface area contributed by atoms with Crippen molar-refractivity contribution < 1.29 is 19.2 Å². The summed E-state index contributed by atoms with van der Waals surface area (Å²) < 4.78 is 10.5. The Morgan fingerprint density at radius 3 is 2.21 bits per heavy atom. The van der Waals surface area contributed by atoms with Gasteiger partial charge >= 0.3 is 5.97 Å². The molecule has 24 heavy (non-hydrogen) atoms. The molecule has 0 amide bonds. The van der Waals surface area contributed by atoms with Crippen LogP contribution in [-0.2, 0) is 4.79 Å². The zero-order chi connectivity index (χ0) is 17.5. The van der Waals surface area contributed by atoms with E-state index in [-0.39, 0.29) is 12.3 Å². The molecule has 126 valence electrons. The van der Waals surface area contributed by atoms with Crippen LogP contribution in [0.2, 0.25) is 0 Å². The van der Waals surface area contributed by atoms with Crippen molar-refractivity contribution in [1.29, 1.82) is 0 Å². The molecule has 2 aromatic rings. The summed E-state index contributed by atoms with van der Waals surface area (Å²) >= 11 is 0. The molecular formula is C18H19NO5. The lowest BCUT2D eigenvalue weighted by Crippen LogP contribution is -2.17. The largest absolute Gasteiger partial charge is 0.482 e. The average molecular weight is 329 g/mol. The van der Waals surface area contributed by atoms with Gasteiger partial charge in [0.25, 0.3) is 5.69 Å². The maximum Gasteiger partial charge on any atom is 0.349 e. The molecule has 2 aromatic carbocycles. The minimum absolute atomic E-state index is 0.0358. The first-order chi connectivity index (χ1) is 11.5. The zero-order valence-corrected chi connectivity index (χ0v) is 13.6. The molecule has 0 aliphatic heterocycles. The van der Waals surface area contributed by atoms with Gasteiger partial charge < -0.3 is 9.47 Å². The van der Waals surface area contributed by atoms with Gasteiger partial charge in [0.1, 0.15) is 11.5 Å². The molecule has 0 radical (unpaired) electrons. The number of carbonyl (C=O) groups is 1. The second-order valence-electron chi connectivity index (χ2n) is 5.39. The molecule has 1 atom stereocenters. The number of carbonyl (C=O) groups excluding carboxylic acids is 1. The van der Waals surface area contributed by atoms with Crippen LogP contribution in [0.15, 0.2) is 48.5 Å². The van der Waals surface area contributed by atoms with Crippen molar-refractivity contribution >= 4 is 11.7 Å². The van der Waals surface area contributed by atoms with Crippen molar-refractivity contribution in [1.82, 2.24) is 0 Å². The monoisotopic (exact) mass is 329 g/mol. The zero-order valence-electron chi connectivity index (χ0n) is 13.6. The second kappa shape index (κ2) is 8.10. The third-order valence-electron chi connectivity index (χ3n) is 3.70. The van der Waals surface area contributed by atoms with E-state index < -0.39 is 10.9 Å². The molecule has 2 rings (SSSR count). The Bertz CT molecular complexity index is 694. The highest BCUT2D eigenvalue weighted by Gasteiger charge is 2.09. The van der Waals surface area contributed by atoms with Crippen molar-refractivity contribution in [3.05, 3.63) is 64.2 Å². The Balaban J connectivity index is 1.85. The van der Waals surface area contributed by atoms with Crippen LogP contribution in [0.3, 0.4) is 0 Å². The summed E-state index contributed by atoms with van der Waals surface area (Å²) in [6.45, 7) is 3.98. The number of esters is 1. The summed E-state index contributed by atoms with van der Waals surface area (Å²) in [4.78, 5) is 21.8. The van der Waals surface area contributed by atoms with E-state index in [1.54, 1.807) is 12.1 Å². The van der Waals surface area contributed by atoms with Gasteiger partial charge in [-0.2, -0.15) is 0 Å². The number of non-ortho nitro benzene ring substituents is 1. The van der Waals surface area contributed by atoms with E-state index in [0.29, 0.717) is 17.4 Å². The fraction of sp³-hybridized carbons (Fsp3) is 0.278. The molecule has 0 spiro atoms. The number of hydrogen-bond acceptors (Lipinski definition) is 5. The normalized spacial score (nSPS) is 11.6. The van der Waals surface area contributed by atoms with Crippen LogP contribution >= 0.6 is 0 Å². The highest BCUT2D eigenvalue weighted by atomic mass is 16.6. The topological polar surface area (TPSA) is 78.7 Å². The summed E-state index contributed by atoms with van der Waals surface area (Å²) in [5.41, 5.74) is 1.16. The van der Waals surface area contributed by atoms with Gasteiger partial charge in [-0.15, -0.1) is 0 Å². The van der Waals surface area contributed by atoms with Gasteiger partial charge in [0, 0.05) is 12.1 Å². The van der Waals surface area contributed by atoms with Crippen molar-refractivity contribution in [2.24, 2.45) is 0 Å². The molecule has 0 aromatic heterocycles. The van der Waals surface area contributed by atoms with Gasteiger partial charge in [0.05, 0.1) is 4.92 Å². The third kappa shape index (κ3) is 4.81. The smallest absolute Gasteiger partial charge is 0.349 e. The quantitative estimate of drug-likeness (QED) is 0.331. The van der Waals surface area contributed by atoms with Crippen molar-refractivity contribution in [3.63, 3.8) is 0 Å². The van der Waals surface area contributed by atoms with E-state index in [9.17, 15) is 14.9 Å². The van der Waals surface area contributed by atoms with Crippen LogP contribution in [0, 0.1) is 10.1 Å². The number of nitro benzene ring substituents is 1. The Morgan fingerprint density at radius 1 is 1.08 bits per heavy atom. The highest BCUT2D eigenvalue weighted by molar-refractivity contribution is 5.74. The fourth-order valence-electron chi connectivity index (χ4n) is 2.07. The van der Waals surface area contributed by atoms with Crippen molar-refractivity contribution in [3.8, 4) is 11.5 Å². The molecule has 0 saturated heterocycles.